The van der Waals surface area contributed by atoms with Crippen LogP contribution >= 0.6 is 11.6 Å². The third kappa shape index (κ3) is 1.95. The lowest BCUT2D eigenvalue weighted by atomic mass is 10.2. The smallest absolute Gasteiger partial charge is 0.165 e. The third-order valence-corrected chi connectivity index (χ3v) is 1.60. The molecule has 4 heteroatoms. The molecule has 0 radical (unpaired) electrons. The monoisotopic (exact) mass is 186 g/mol. The standard InChI is InChI=1S/C7H7ClN2O.CH4/c1-4(11)6-5(8)2-3-10-7(6)9;/h2-3H,1H3,(H2,9,10);1H4. The number of anilines is 1. The second kappa shape index (κ2) is 4.07. The first-order valence-corrected chi connectivity index (χ1v) is 3.41. The van der Waals surface area contributed by atoms with Crippen LogP contribution < -0.4 is 5.73 Å². The zero-order valence-electron chi connectivity index (χ0n) is 5.97. The molecule has 0 unspecified atom stereocenters. The summed E-state index contributed by atoms with van der Waals surface area (Å²) in [7, 11) is 0. The van der Waals surface area contributed by atoms with Crippen molar-refractivity contribution in [2.45, 2.75) is 14.4 Å². The number of nitrogens with two attached hydrogens (primary N) is 1. The Bertz CT molecular complexity index is 279. The minimum atomic E-state index is -0.166. The van der Waals surface area contributed by atoms with Crippen molar-refractivity contribution in [2.75, 3.05) is 5.73 Å². The number of nitrogens with zero attached hydrogens (tertiary/aromatic N) is 1. The summed E-state index contributed by atoms with van der Waals surface area (Å²) in [6.45, 7) is 1.40. The maximum atomic E-state index is 10.9. The summed E-state index contributed by atoms with van der Waals surface area (Å²) in [6, 6.07) is 1.54. The molecule has 0 saturated carbocycles. The molecule has 1 aromatic rings. The fraction of sp³-hybridized carbons (Fsp3) is 0.250. The molecule has 12 heavy (non-hydrogen) atoms. The van der Waals surface area contributed by atoms with Gasteiger partial charge >= 0.3 is 0 Å². The Morgan fingerprint density at radius 3 is 2.58 bits per heavy atom. The summed E-state index contributed by atoms with van der Waals surface area (Å²) >= 11 is 5.68. The lowest BCUT2D eigenvalue weighted by molar-refractivity contribution is 0.101. The number of aromatic nitrogens is 1. The molecule has 0 bridgehead atoms. The topological polar surface area (TPSA) is 56.0 Å². The number of carbonyl (C=O) groups excluding carboxylic acids is 1. The van der Waals surface area contributed by atoms with Crippen molar-refractivity contribution in [2.24, 2.45) is 0 Å². The van der Waals surface area contributed by atoms with Gasteiger partial charge in [-0.15, -0.1) is 0 Å². The highest BCUT2D eigenvalue weighted by atomic mass is 35.5. The van der Waals surface area contributed by atoms with Crippen molar-refractivity contribution >= 4 is 23.2 Å². The van der Waals surface area contributed by atoms with Crippen LogP contribution in [0, 0.1) is 0 Å². The molecule has 0 aliphatic rings. The van der Waals surface area contributed by atoms with Gasteiger partial charge in [-0.25, -0.2) is 4.98 Å². The van der Waals surface area contributed by atoms with Crippen LogP contribution in [0.2, 0.25) is 5.02 Å². The van der Waals surface area contributed by atoms with Crippen LogP contribution in [-0.4, -0.2) is 10.8 Å². The van der Waals surface area contributed by atoms with Crippen LogP contribution in [-0.2, 0) is 0 Å². The first-order valence-electron chi connectivity index (χ1n) is 3.04. The van der Waals surface area contributed by atoms with Crippen LogP contribution in [0.25, 0.3) is 0 Å². The summed E-state index contributed by atoms with van der Waals surface area (Å²) in [5, 5.41) is 0.352. The molecule has 0 aromatic carbocycles. The van der Waals surface area contributed by atoms with E-state index < -0.39 is 0 Å². The van der Waals surface area contributed by atoms with Gasteiger partial charge in [-0.3, -0.25) is 4.79 Å². The Morgan fingerprint density at radius 1 is 1.67 bits per heavy atom. The lowest BCUT2D eigenvalue weighted by Gasteiger charge is -2.00. The molecule has 0 amide bonds. The van der Waals surface area contributed by atoms with Crippen LogP contribution in [0.1, 0.15) is 24.7 Å². The van der Waals surface area contributed by atoms with E-state index in [-0.39, 0.29) is 19.0 Å². The molecule has 0 saturated heterocycles. The van der Waals surface area contributed by atoms with Crippen molar-refractivity contribution in [3.05, 3.63) is 22.8 Å². The number of carbonyl (C=O) groups is 1. The molecule has 1 rings (SSSR count). The summed E-state index contributed by atoms with van der Waals surface area (Å²) in [5.74, 6) is 0.0191. The number of halogens is 1. The molecule has 1 aromatic heterocycles. The van der Waals surface area contributed by atoms with E-state index in [1.807, 2.05) is 0 Å². The Balaban J connectivity index is 0.00000121. The van der Waals surface area contributed by atoms with Crippen LogP contribution in [0.5, 0.6) is 0 Å². The van der Waals surface area contributed by atoms with E-state index in [0.29, 0.717) is 10.6 Å². The fourth-order valence-electron chi connectivity index (χ4n) is 0.802. The van der Waals surface area contributed by atoms with Crippen molar-refractivity contribution in [1.29, 1.82) is 0 Å². The second-order valence-corrected chi connectivity index (χ2v) is 2.52. The van der Waals surface area contributed by atoms with E-state index in [4.69, 9.17) is 17.3 Å². The highest BCUT2D eigenvalue weighted by Crippen LogP contribution is 2.19. The molecular weight excluding hydrogens is 176 g/mol. The summed E-state index contributed by atoms with van der Waals surface area (Å²) < 4.78 is 0. The first-order chi connectivity index (χ1) is 5.13. The molecule has 0 atom stereocenters. The fourth-order valence-corrected chi connectivity index (χ4v) is 1.09. The van der Waals surface area contributed by atoms with Gasteiger partial charge in [0.25, 0.3) is 0 Å². The summed E-state index contributed by atoms with van der Waals surface area (Å²) in [4.78, 5) is 14.6. The number of hydrogen-bond donors (Lipinski definition) is 1. The van der Waals surface area contributed by atoms with Crippen molar-refractivity contribution < 1.29 is 4.79 Å². The van der Waals surface area contributed by atoms with Crippen LogP contribution in [0.15, 0.2) is 12.3 Å². The molecule has 0 aliphatic carbocycles. The SMILES string of the molecule is C.CC(=O)c1c(Cl)ccnc1N. The van der Waals surface area contributed by atoms with E-state index in [1.165, 1.54) is 19.2 Å². The van der Waals surface area contributed by atoms with E-state index in [9.17, 15) is 4.79 Å². The predicted octanol–water partition coefficient (Wildman–Crippen LogP) is 2.16. The van der Waals surface area contributed by atoms with Gasteiger partial charge in [0.05, 0.1) is 10.6 Å². The number of Topliss-reactive ketones (excluding diaryl/α,β-unsaturated/α-hetero) is 1. The second-order valence-electron chi connectivity index (χ2n) is 2.11. The van der Waals surface area contributed by atoms with Gasteiger partial charge in [-0.2, -0.15) is 0 Å². The van der Waals surface area contributed by atoms with Gasteiger partial charge in [0.1, 0.15) is 5.82 Å². The molecule has 2 N–H and O–H groups in total. The molecule has 0 spiro atoms. The molecule has 0 aliphatic heterocycles. The maximum absolute atomic E-state index is 10.9. The van der Waals surface area contributed by atoms with Crippen LogP contribution in [0.3, 0.4) is 0 Å². The summed E-state index contributed by atoms with van der Waals surface area (Å²) in [6.07, 6.45) is 1.46. The summed E-state index contributed by atoms with van der Waals surface area (Å²) in [5.41, 5.74) is 5.71. The largest absolute Gasteiger partial charge is 0.383 e. The van der Waals surface area contributed by atoms with Gasteiger partial charge in [0.2, 0.25) is 0 Å². The third-order valence-electron chi connectivity index (χ3n) is 1.28. The minimum absolute atomic E-state index is 0. The van der Waals surface area contributed by atoms with Crippen LogP contribution in [0.4, 0.5) is 5.82 Å². The zero-order valence-corrected chi connectivity index (χ0v) is 6.72. The molecule has 1 heterocycles. The average molecular weight is 187 g/mol. The number of rotatable bonds is 1. The van der Waals surface area contributed by atoms with E-state index in [2.05, 4.69) is 4.98 Å². The normalized spacial score (nSPS) is 8.83. The number of pyridine rings is 1. The molecule has 3 nitrogen and oxygen atoms in total. The van der Waals surface area contributed by atoms with E-state index >= 15 is 0 Å². The van der Waals surface area contributed by atoms with Crippen molar-refractivity contribution in [3.8, 4) is 0 Å². The zero-order chi connectivity index (χ0) is 8.43. The van der Waals surface area contributed by atoms with Crippen molar-refractivity contribution in [3.63, 3.8) is 0 Å². The van der Waals surface area contributed by atoms with Gasteiger partial charge in [-0.1, -0.05) is 19.0 Å². The van der Waals surface area contributed by atoms with Gasteiger partial charge in [-0.05, 0) is 13.0 Å². The average Bonchev–Trinajstić information content (AvgIpc) is 1.85. The van der Waals surface area contributed by atoms with E-state index in [1.54, 1.807) is 0 Å². The van der Waals surface area contributed by atoms with Crippen molar-refractivity contribution in [1.82, 2.24) is 4.98 Å². The quantitative estimate of drug-likeness (QED) is 0.684. The molecule has 0 fully saturated rings. The number of ketones is 1. The molecular formula is C8H11ClN2O. The Morgan fingerprint density at radius 2 is 2.25 bits per heavy atom. The Labute approximate surface area is 76.6 Å². The van der Waals surface area contributed by atoms with Gasteiger partial charge in [0.15, 0.2) is 5.78 Å². The van der Waals surface area contributed by atoms with Gasteiger partial charge < -0.3 is 5.73 Å². The number of hydrogen-bond acceptors (Lipinski definition) is 3. The lowest BCUT2D eigenvalue weighted by Crippen LogP contribution is -2.02. The highest BCUT2D eigenvalue weighted by molar-refractivity contribution is 6.34. The van der Waals surface area contributed by atoms with Gasteiger partial charge in [0, 0.05) is 6.20 Å². The number of nitrogen functional groups attached to an aromatic ring is 1. The Hall–Kier alpha value is -1.09. The predicted molar refractivity (Wildman–Crippen MR) is 50.4 cm³/mol. The highest BCUT2D eigenvalue weighted by Gasteiger charge is 2.09. The first kappa shape index (κ1) is 10.9. The molecule has 66 valence electrons. The maximum Gasteiger partial charge on any atom is 0.165 e. The Kier molecular flexibility index (Phi) is 3.70. The van der Waals surface area contributed by atoms with E-state index in [0.717, 1.165) is 0 Å². The minimum Gasteiger partial charge on any atom is -0.383 e.